The zero-order chi connectivity index (χ0) is 31.7. The van der Waals surface area contributed by atoms with E-state index in [0.29, 0.717) is 41.7 Å². The molecule has 3 unspecified atom stereocenters. The first kappa shape index (κ1) is 34.5. The molecular weight excluding hydrogens is 550 g/mol. The molecule has 0 spiro atoms. The summed E-state index contributed by atoms with van der Waals surface area (Å²) in [6.07, 6.45) is 19.3. The lowest BCUT2D eigenvalue weighted by Crippen LogP contribution is -2.48. The highest BCUT2D eigenvalue weighted by Gasteiger charge is 2.58. The van der Waals surface area contributed by atoms with E-state index in [1.807, 2.05) is 18.0 Å². The van der Waals surface area contributed by atoms with Crippen LogP contribution in [0.25, 0.3) is 0 Å². The summed E-state index contributed by atoms with van der Waals surface area (Å²) >= 11 is 0. The zero-order valence-electron chi connectivity index (χ0n) is 28.3. The number of rotatable bonds is 16. The second-order valence-electron chi connectivity index (χ2n) is 14.5. The number of ether oxygens (including phenoxy) is 2. The van der Waals surface area contributed by atoms with Gasteiger partial charge in [0.25, 0.3) is 0 Å². The Kier molecular flexibility index (Phi) is 12.8. The first-order chi connectivity index (χ1) is 21.1. The van der Waals surface area contributed by atoms with Crippen LogP contribution in [0.3, 0.4) is 0 Å². The van der Waals surface area contributed by atoms with Crippen LogP contribution in [0.5, 0.6) is 5.75 Å². The quantitative estimate of drug-likeness (QED) is 0.106. The summed E-state index contributed by atoms with van der Waals surface area (Å²) < 4.78 is 11.4. The van der Waals surface area contributed by atoms with Crippen LogP contribution in [0.15, 0.2) is 18.2 Å². The molecule has 2 fully saturated rings. The van der Waals surface area contributed by atoms with Crippen molar-refractivity contribution in [1.29, 1.82) is 0 Å². The van der Waals surface area contributed by atoms with Crippen molar-refractivity contribution in [3.63, 3.8) is 0 Å². The Bertz CT molecular complexity index is 1120. The van der Waals surface area contributed by atoms with Crippen molar-refractivity contribution < 1.29 is 23.9 Å². The van der Waals surface area contributed by atoms with E-state index in [0.717, 1.165) is 64.3 Å². The van der Waals surface area contributed by atoms with Gasteiger partial charge in [0, 0.05) is 39.3 Å². The Morgan fingerprint density at radius 1 is 0.909 bits per heavy atom. The average molecular weight is 610 g/mol. The number of esters is 2. The van der Waals surface area contributed by atoms with E-state index in [-0.39, 0.29) is 23.5 Å². The predicted octanol–water partition coefficient (Wildman–Crippen LogP) is 8.79. The molecule has 3 aliphatic rings. The number of carbonyl (C=O) groups excluding carboxylic acids is 3. The Hall–Kier alpha value is -2.37. The fraction of sp³-hybridized carbons (Fsp3) is 0.763. The zero-order valence-corrected chi connectivity index (χ0v) is 28.3. The molecule has 6 nitrogen and oxygen atoms in total. The molecule has 4 rings (SSSR count). The first-order valence-corrected chi connectivity index (χ1v) is 17.9. The minimum atomic E-state index is -0.269. The van der Waals surface area contributed by atoms with Crippen molar-refractivity contribution in [2.75, 3.05) is 13.6 Å². The van der Waals surface area contributed by atoms with Crippen molar-refractivity contribution in [3.8, 4) is 5.75 Å². The van der Waals surface area contributed by atoms with Gasteiger partial charge in [-0.1, -0.05) is 71.3 Å². The van der Waals surface area contributed by atoms with Crippen LogP contribution in [0.4, 0.5) is 0 Å². The molecule has 246 valence electrons. The van der Waals surface area contributed by atoms with Gasteiger partial charge in [-0.25, -0.2) is 0 Å². The van der Waals surface area contributed by atoms with Crippen LogP contribution in [0.2, 0.25) is 0 Å². The molecule has 0 aromatic heterocycles. The van der Waals surface area contributed by atoms with Gasteiger partial charge in [-0.15, -0.1) is 0 Å². The van der Waals surface area contributed by atoms with E-state index in [1.54, 1.807) is 6.92 Å². The monoisotopic (exact) mass is 609 g/mol. The summed E-state index contributed by atoms with van der Waals surface area (Å²) in [4.78, 5) is 37.7. The molecule has 1 aromatic carbocycles. The number of unbranched alkanes of at least 4 members (excludes halogenated alkanes) is 8. The number of benzene rings is 1. The molecule has 2 saturated carbocycles. The highest BCUT2D eigenvalue weighted by Crippen LogP contribution is 2.63. The van der Waals surface area contributed by atoms with E-state index in [2.05, 4.69) is 26.0 Å². The third kappa shape index (κ3) is 8.66. The van der Waals surface area contributed by atoms with Gasteiger partial charge in [-0.05, 0) is 98.3 Å². The third-order valence-electron chi connectivity index (χ3n) is 11.3. The SMILES string of the molecule is CCCCN(C)C(=O)CCCCCCCCCC[C@@H]1Cc2cc(OC(C)=O)ccc2C2CC[C@@]3(C)C(CC[C@@H]3OC(C)=O)C21. The second-order valence-corrected chi connectivity index (χ2v) is 14.5. The van der Waals surface area contributed by atoms with Crippen LogP contribution in [-0.2, 0) is 25.5 Å². The molecule has 0 aliphatic heterocycles. The summed E-state index contributed by atoms with van der Waals surface area (Å²) in [5.41, 5.74) is 2.88. The number of nitrogens with zero attached hydrogens (tertiary/aromatic N) is 1. The Morgan fingerprint density at radius 3 is 2.30 bits per heavy atom. The Balaban J connectivity index is 1.28. The molecule has 44 heavy (non-hydrogen) atoms. The lowest BCUT2D eigenvalue weighted by Gasteiger charge is -2.53. The summed E-state index contributed by atoms with van der Waals surface area (Å²) in [7, 11) is 1.94. The maximum atomic E-state index is 12.2. The van der Waals surface area contributed by atoms with Gasteiger partial charge in [0.2, 0.25) is 5.91 Å². The molecular formula is C38H59NO5. The number of hydrogen-bond donors (Lipinski definition) is 0. The van der Waals surface area contributed by atoms with Crippen LogP contribution >= 0.6 is 0 Å². The van der Waals surface area contributed by atoms with Gasteiger partial charge in [0.1, 0.15) is 11.9 Å². The van der Waals surface area contributed by atoms with Crippen LogP contribution in [-0.4, -0.2) is 42.4 Å². The number of fused-ring (bicyclic) bond motifs is 5. The van der Waals surface area contributed by atoms with Crippen molar-refractivity contribution in [2.24, 2.45) is 23.2 Å². The van der Waals surface area contributed by atoms with Crippen LogP contribution in [0.1, 0.15) is 147 Å². The van der Waals surface area contributed by atoms with E-state index >= 15 is 0 Å². The Morgan fingerprint density at radius 2 is 1.61 bits per heavy atom. The minimum Gasteiger partial charge on any atom is -0.462 e. The lowest BCUT2D eigenvalue weighted by molar-refractivity contribution is -0.155. The van der Waals surface area contributed by atoms with E-state index in [9.17, 15) is 14.4 Å². The lowest BCUT2D eigenvalue weighted by atomic mass is 9.52. The number of hydrogen-bond acceptors (Lipinski definition) is 5. The molecule has 0 bridgehead atoms. The van der Waals surface area contributed by atoms with Gasteiger partial charge in [-0.2, -0.15) is 0 Å². The number of amides is 1. The Labute approximate surface area is 267 Å². The fourth-order valence-electron chi connectivity index (χ4n) is 9.08. The molecule has 1 amide bonds. The summed E-state index contributed by atoms with van der Waals surface area (Å²) in [5, 5.41) is 0. The molecule has 0 N–H and O–H groups in total. The van der Waals surface area contributed by atoms with E-state index in [4.69, 9.17) is 9.47 Å². The molecule has 6 heteroatoms. The standard InChI is InChI=1S/C38H59NO5/c1-6-7-24-39(5)36(42)17-15-13-11-9-8-10-12-14-16-29-25-30-26-31(43-27(2)40)18-19-32(30)33-22-23-38(4)34(37(29)33)20-21-35(38)44-28(3)41/h18-19,26,29,33-35,37H,6-17,20-25H2,1-5H3/t29-,33?,34?,35+,37?,38+/m1/s1. The predicted molar refractivity (Wildman–Crippen MR) is 176 cm³/mol. The largest absolute Gasteiger partial charge is 0.462 e. The smallest absolute Gasteiger partial charge is 0.308 e. The van der Waals surface area contributed by atoms with Gasteiger partial charge in [0.15, 0.2) is 0 Å². The van der Waals surface area contributed by atoms with Crippen molar-refractivity contribution in [3.05, 3.63) is 29.3 Å². The molecule has 1 aromatic rings. The van der Waals surface area contributed by atoms with Gasteiger partial charge < -0.3 is 14.4 Å². The topological polar surface area (TPSA) is 72.9 Å². The van der Waals surface area contributed by atoms with Crippen LogP contribution < -0.4 is 4.74 Å². The van der Waals surface area contributed by atoms with E-state index < -0.39 is 0 Å². The molecule has 0 radical (unpaired) electrons. The van der Waals surface area contributed by atoms with Crippen molar-refractivity contribution >= 4 is 17.8 Å². The maximum absolute atomic E-state index is 12.2. The summed E-state index contributed by atoms with van der Waals surface area (Å²) in [6, 6.07) is 6.33. The van der Waals surface area contributed by atoms with Gasteiger partial charge in [-0.3, -0.25) is 14.4 Å². The summed E-state index contributed by atoms with van der Waals surface area (Å²) in [6.45, 7) is 8.46. The first-order valence-electron chi connectivity index (χ1n) is 17.9. The normalized spacial score (nSPS) is 27.2. The molecule has 0 saturated heterocycles. The highest BCUT2D eigenvalue weighted by molar-refractivity contribution is 5.75. The average Bonchev–Trinajstić information content (AvgIpc) is 3.31. The van der Waals surface area contributed by atoms with Gasteiger partial charge >= 0.3 is 11.9 Å². The van der Waals surface area contributed by atoms with Crippen molar-refractivity contribution in [1.82, 2.24) is 4.90 Å². The third-order valence-corrected chi connectivity index (χ3v) is 11.3. The van der Waals surface area contributed by atoms with E-state index in [1.165, 1.54) is 63.0 Å². The fourth-order valence-corrected chi connectivity index (χ4v) is 9.08. The minimum absolute atomic E-state index is 0.0411. The second kappa shape index (κ2) is 16.3. The molecule has 6 atom stereocenters. The van der Waals surface area contributed by atoms with Gasteiger partial charge in [0.05, 0.1) is 0 Å². The molecule has 0 heterocycles. The number of carbonyl (C=O) groups is 3. The van der Waals surface area contributed by atoms with Crippen molar-refractivity contribution in [2.45, 2.75) is 149 Å². The summed E-state index contributed by atoms with van der Waals surface area (Å²) in [5.74, 6) is 2.88. The molecule has 3 aliphatic carbocycles. The highest BCUT2D eigenvalue weighted by atomic mass is 16.5. The maximum Gasteiger partial charge on any atom is 0.308 e. The van der Waals surface area contributed by atoms with Crippen LogP contribution in [0, 0.1) is 23.2 Å².